The second-order valence-corrected chi connectivity index (χ2v) is 7.23. The molecule has 0 aromatic heterocycles. The fourth-order valence-corrected chi connectivity index (χ4v) is 3.69. The number of hydrogen-bond donors (Lipinski definition) is 1. The molecule has 1 aliphatic rings. The van der Waals surface area contributed by atoms with Gasteiger partial charge in [-0.25, -0.2) is 4.99 Å². The van der Waals surface area contributed by atoms with E-state index in [1.165, 1.54) is 50.8 Å². The van der Waals surface area contributed by atoms with Crippen molar-refractivity contribution in [2.75, 3.05) is 32.7 Å². The molecule has 0 aromatic rings. The normalized spacial score (nSPS) is 20.2. The number of hydrogen-bond acceptors (Lipinski definition) is 2. The highest BCUT2D eigenvalue weighted by Gasteiger charge is 2.35. The van der Waals surface area contributed by atoms with E-state index in [-0.39, 0.29) is 5.91 Å². The minimum Gasteiger partial charge on any atom is -0.351 e. The number of nitrogens with zero attached hydrogens (tertiary/aromatic N) is 2. The van der Waals surface area contributed by atoms with Crippen molar-refractivity contribution in [3.63, 3.8) is 0 Å². The smallest absolute Gasteiger partial charge is 0.217 e. The van der Waals surface area contributed by atoms with Crippen molar-refractivity contribution in [3.05, 3.63) is 12.2 Å². The molecule has 1 atom stereocenters. The highest BCUT2D eigenvalue weighted by molar-refractivity contribution is 5.77. The third-order valence-electron chi connectivity index (χ3n) is 5.31. The van der Waals surface area contributed by atoms with E-state index in [1.807, 2.05) is 0 Å². The zero-order valence-corrected chi connectivity index (χ0v) is 16.9. The van der Waals surface area contributed by atoms with Crippen molar-refractivity contribution in [2.24, 2.45) is 4.99 Å². The lowest BCUT2D eigenvalue weighted by atomic mass is 10.1. The van der Waals surface area contributed by atoms with Crippen LogP contribution in [0.2, 0.25) is 0 Å². The molecule has 1 N–H and O–H groups in total. The third kappa shape index (κ3) is 8.66. The minimum atomic E-state index is 0.0668. The first kappa shape index (κ1) is 21.9. The van der Waals surface area contributed by atoms with Gasteiger partial charge in [0.15, 0.2) is 5.84 Å². The van der Waals surface area contributed by atoms with E-state index in [0.717, 1.165) is 50.0 Å². The van der Waals surface area contributed by atoms with Gasteiger partial charge in [0.2, 0.25) is 5.91 Å². The number of carbonyl (C=O) groups excluding carboxylic acids is 1. The zero-order valence-electron chi connectivity index (χ0n) is 16.9. The summed E-state index contributed by atoms with van der Waals surface area (Å²) in [6.07, 6.45) is 16.1. The maximum Gasteiger partial charge on any atom is 0.217 e. The Morgan fingerprint density at radius 2 is 1.84 bits per heavy atom. The number of amides is 1. The average Bonchev–Trinajstić information content (AvgIpc) is 2.99. The molecule has 0 spiro atoms. The molecule has 1 heterocycles. The molecule has 1 aliphatic heterocycles. The van der Waals surface area contributed by atoms with Crippen LogP contribution in [0.15, 0.2) is 17.1 Å². The van der Waals surface area contributed by atoms with E-state index in [2.05, 4.69) is 31.3 Å². The highest BCUT2D eigenvalue weighted by Crippen LogP contribution is 2.20. The molecule has 0 saturated carbocycles. The van der Waals surface area contributed by atoms with Gasteiger partial charge in [0.25, 0.3) is 0 Å². The largest absolute Gasteiger partial charge is 0.351 e. The van der Waals surface area contributed by atoms with E-state index in [0.29, 0.717) is 0 Å². The van der Waals surface area contributed by atoms with Crippen LogP contribution in [0, 0.1) is 0 Å². The third-order valence-corrected chi connectivity index (χ3v) is 5.31. The number of amidine groups is 1. The summed E-state index contributed by atoms with van der Waals surface area (Å²) in [5.74, 6) is 1.44. The van der Waals surface area contributed by atoms with Gasteiger partial charge < -0.3 is 5.32 Å². The van der Waals surface area contributed by atoms with E-state index < -0.39 is 0 Å². The lowest BCUT2D eigenvalue weighted by Gasteiger charge is -2.33. The van der Waals surface area contributed by atoms with E-state index in [9.17, 15) is 4.79 Å². The number of allylic oxidation sites excluding steroid dienone is 2. The molecule has 0 aromatic carbocycles. The second-order valence-electron chi connectivity index (χ2n) is 7.23. The monoisotopic (exact) mass is 350 g/mol. The molecule has 0 fully saturated rings. The van der Waals surface area contributed by atoms with Crippen LogP contribution in [0.4, 0.5) is 0 Å². The first-order chi connectivity index (χ1) is 12.1. The summed E-state index contributed by atoms with van der Waals surface area (Å²) in [5.41, 5.74) is 0. The summed E-state index contributed by atoms with van der Waals surface area (Å²) in [7, 11) is 0. The quantitative estimate of drug-likeness (QED) is 0.280. The van der Waals surface area contributed by atoms with Gasteiger partial charge >= 0.3 is 0 Å². The molecule has 0 aliphatic carbocycles. The van der Waals surface area contributed by atoms with Gasteiger partial charge in [0.05, 0.1) is 19.6 Å². The minimum absolute atomic E-state index is 0.0668. The lowest BCUT2D eigenvalue weighted by molar-refractivity contribution is -0.833. The first-order valence-corrected chi connectivity index (χ1v) is 10.4. The average molecular weight is 351 g/mol. The van der Waals surface area contributed by atoms with Crippen molar-refractivity contribution in [2.45, 2.75) is 78.6 Å². The molecule has 4 nitrogen and oxygen atoms in total. The zero-order chi connectivity index (χ0) is 18.4. The van der Waals surface area contributed by atoms with Gasteiger partial charge in [-0.2, -0.15) is 0 Å². The van der Waals surface area contributed by atoms with Crippen LogP contribution in [0.1, 0.15) is 78.6 Å². The molecule has 0 radical (unpaired) electrons. The van der Waals surface area contributed by atoms with Gasteiger partial charge in [-0.05, 0) is 32.6 Å². The number of unbranched alkanes of at least 4 members (excludes halogenated alkanes) is 6. The molecule has 4 heteroatoms. The Labute approximate surface area is 155 Å². The number of carbonyl (C=O) groups is 1. The first-order valence-electron chi connectivity index (χ1n) is 10.4. The van der Waals surface area contributed by atoms with Crippen LogP contribution in [0.25, 0.3) is 0 Å². The summed E-state index contributed by atoms with van der Waals surface area (Å²) in [6, 6.07) is 0. The van der Waals surface area contributed by atoms with Gasteiger partial charge in [-0.15, -0.1) is 0 Å². The molecule has 0 saturated heterocycles. The maximum absolute atomic E-state index is 11.1. The van der Waals surface area contributed by atoms with E-state index in [4.69, 9.17) is 4.99 Å². The number of nitrogens with one attached hydrogen (secondary N) is 1. The topological polar surface area (TPSA) is 41.5 Å². The molecule has 1 amide bonds. The highest BCUT2D eigenvalue weighted by atomic mass is 16.1. The van der Waals surface area contributed by atoms with Gasteiger partial charge in [-0.3, -0.25) is 9.28 Å². The fraction of sp³-hybridized carbons (Fsp3) is 0.810. The van der Waals surface area contributed by atoms with Gasteiger partial charge in [-0.1, -0.05) is 44.8 Å². The summed E-state index contributed by atoms with van der Waals surface area (Å²) >= 11 is 0. The van der Waals surface area contributed by atoms with Crippen molar-refractivity contribution < 1.29 is 9.28 Å². The molecule has 0 bridgehead atoms. The van der Waals surface area contributed by atoms with E-state index in [1.54, 1.807) is 6.92 Å². The van der Waals surface area contributed by atoms with E-state index >= 15 is 0 Å². The summed E-state index contributed by atoms with van der Waals surface area (Å²) in [6.45, 7) is 10.9. The van der Waals surface area contributed by atoms with Crippen LogP contribution >= 0.6 is 0 Å². The van der Waals surface area contributed by atoms with Crippen molar-refractivity contribution >= 4 is 11.7 Å². The van der Waals surface area contributed by atoms with Crippen LogP contribution < -0.4 is 5.32 Å². The summed E-state index contributed by atoms with van der Waals surface area (Å²) < 4.78 is 0.990. The van der Waals surface area contributed by atoms with Crippen LogP contribution in [-0.4, -0.2) is 48.9 Å². The van der Waals surface area contributed by atoms with Gasteiger partial charge in [0, 0.05) is 13.3 Å². The summed E-state index contributed by atoms with van der Waals surface area (Å²) in [5, 5.41) is 2.95. The Kier molecular flexibility index (Phi) is 11.5. The molecular formula is C21H40N3O+. The van der Waals surface area contributed by atoms with Crippen LogP contribution in [0.5, 0.6) is 0 Å². The Morgan fingerprint density at radius 1 is 1.12 bits per heavy atom. The standard InChI is InChI=1S/C21H39N3O/c1-4-6-7-8-9-10-11-12-13-14-15-21-23-17-19-24(21,5-2)18-16-22-20(3)25/h6-7H,4-5,8-19H2,1-3H3/p+1/b7-6+. The molecular weight excluding hydrogens is 310 g/mol. The molecule has 144 valence electrons. The van der Waals surface area contributed by atoms with Crippen molar-refractivity contribution in [1.82, 2.24) is 5.32 Å². The lowest BCUT2D eigenvalue weighted by Crippen LogP contribution is -2.54. The van der Waals surface area contributed by atoms with Crippen molar-refractivity contribution in [1.29, 1.82) is 0 Å². The van der Waals surface area contributed by atoms with Gasteiger partial charge in [0.1, 0.15) is 13.1 Å². The number of quaternary nitrogens is 1. The molecule has 1 rings (SSSR count). The van der Waals surface area contributed by atoms with Crippen LogP contribution in [-0.2, 0) is 4.79 Å². The molecule has 25 heavy (non-hydrogen) atoms. The SMILES string of the molecule is CC/C=C/CCCCCCCCC1=NCC[N+]1(CC)CCNC(C)=O. The Bertz CT molecular complexity index is 431. The fourth-order valence-electron chi connectivity index (χ4n) is 3.69. The Balaban J connectivity index is 2.17. The molecule has 1 unspecified atom stereocenters. The maximum atomic E-state index is 11.1. The predicted octanol–water partition coefficient (Wildman–Crippen LogP) is 4.46. The van der Waals surface area contributed by atoms with Crippen molar-refractivity contribution in [3.8, 4) is 0 Å². The Morgan fingerprint density at radius 3 is 2.52 bits per heavy atom. The Hall–Kier alpha value is -1.16. The summed E-state index contributed by atoms with van der Waals surface area (Å²) in [4.78, 5) is 15.9. The second kappa shape index (κ2) is 13.1. The number of likely N-dealkylation sites (N-methyl/N-ethyl adjacent to an activating group) is 1. The number of aliphatic imine (C=N–C) groups is 1. The number of rotatable bonds is 14. The van der Waals surface area contributed by atoms with Crippen LogP contribution in [0.3, 0.4) is 0 Å². The predicted molar refractivity (Wildman–Crippen MR) is 108 cm³/mol.